The van der Waals surface area contributed by atoms with E-state index in [0.29, 0.717) is 0 Å². The third-order valence-electron chi connectivity index (χ3n) is 0.405. The Morgan fingerprint density at radius 2 is 2.25 bits per heavy atom. The highest BCUT2D eigenvalue weighted by Crippen LogP contribution is 1.73. The maximum Gasteiger partial charge on any atom is 0.299 e. The van der Waals surface area contributed by atoms with Gasteiger partial charge in [-0.25, -0.2) is 0 Å². The highest BCUT2D eigenvalue weighted by atomic mass is 16.7. The highest BCUT2D eigenvalue weighted by molar-refractivity contribution is 5.66. The second kappa shape index (κ2) is 3.26. The fourth-order valence-electron chi connectivity index (χ4n) is 0.181. The van der Waals surface area contributed by atoms with Gasteiger partial charge in [0, 0.05) is 6.04 Å². The van der Waals surface area contributed by atoms with Crippen LogP contribution in [0.15, 0.2) is 0 Å². The van der Waals surface area contributed by atoms with Crippen molar-refractivity contribution in [3.05, 3.63) is 0 Å². The van der Waals surface area contributed by atoms with Crippen molar-refractivity contribution in [3.8, 4) is 0 Å². The number of amidine groups is 1. The van der Waals surface area contributed by atoms with Gasteiger partial charge in [0.25, 0.3) is 6.02 Å². The summed E-state index contributed by atoms with van der Waals surface area (Å²) in [5.41, 5.74) is 7.33. The van der Waals surface area contributed by atoms with E-state index in [1.807, 2.05) is 13.8 Å². The smallest absolute Gasteiger partial charge is 0.299 e. The Bertz CT molecular complexity index is 81.4. The zero-order valence-corrected chi connectivity index (χ0v) is 5.06. The first-order chi connectivity index (χ1) is 3.63. The number of hydrogen-bond donors (Lipinski definition) is 3. The van der Waals surface area contributed by atoms with Crippen molar-refractivity contribution in [1.29, 1.82) is 5.41 Å². The van der Waals surface area contributed by atoms with Gasteiger partial charge in [-0.15, -0.1) is 0 Å². The Balaban J connectivity index is 3.05. The molecule has 0 fully saturated rings. The molecule has 0 radical (unpaired) electrons. The molecule has 0 aliphatic carbocycles. The third kappa shape index (κ3) is 5.23. The van der Waals surface area contributed by atoms with Crippen molar-refractivity contribution in [2.24, 2.45) is 5.73 Å². The van der Waals surface area contributed by atoms with Crippen molar-refractivity contribution in [3.63, 3.8) is 0 Å². The molecule has 4 nitrogen and oxygen atoms in total. The molecule has 0 unspecified atom stereocenters. The summed E-state index contributed by atoms with van der Waals surface area (Å²) in [7, 11) is 0. The summed E-state index contributed by atoms with van der Waals surface area (Å²) in [5.74, 6) is 0. The molecular formula is C4H11N3O. The van der Waals surface area contributed by atoms with Crippen molar-refractivity contribution >= 4 is 6.02 Å². The van der Waals surface area contributed by atoms with E-state index in [-0.39, 0.29) is 12.1 Å². The lowest BCUT2D eigenvalue weighted by Gasteiger charge is -2.05. The average molecular weight is 117 g/mol. The molecular weight excluding hydrogens is 106 g/mol. The van der Waals surface area contributed by atoms with Crippen molar-refractivity contribution in [1.82, 2.24) is 5.48 Å². The van der Waals surface area contributed by atoms with Crippen LogP contribution in [0.25, 0.3) is 0 Å². The molecule has 0 aromatic carbocycles. The van der Waals surface area contributed by atoms with Crippen LogP contribution in [0.4, 0.5) is 0 Å². The quantitative estimate of drug-likeness (QED) is 0.266. The highest BCUT2D eigenvalue weighted by Gasteiger charge is 1.90. The first-order valence-electron chi connectivity index (χ1n) is 2.39. The van der Waals surface area contributed by atoms with Gasteiger partial charge in [0.1, 0.15) is 0 Å². The number of hydrogen-bond acceptors (Lipinski definition) is 3. The number of rotatable bonds is 2. The van der Waals surface area contributed by atoms with E-state index in [9.17, 15) is 0 Å². The van der Waals surface area contributed by atoms with Crippen LogP contribution in [0.5, 0.6) is 0 Å². The van der Waals surface area contributed by atoms with E-state index in [1.54, 1.807) is 0 Å². The van der Waals surface area contributed by atoms with Crippen LogP contribution < -0.4 is 11.2 Å². The van der Waals surface area contributed by atoms with Crippen LogP contribution in [0.2, 0.25) is 0 Å². The maximum absolute atomic E-state index is 6.58. The number of hydroxylamine groups is 1. The first kappa shape index (κ1) is 7.23. The van der Waals surface area contributed by atoms with E-state index in [2.05, 4.69) is 10.3 Å². The maximum atomic E-state index is 6.58. The molecule has 0 heterocycles. The summed E-state index contributed by atoms with van der Waals surface area (Å²) in [6, 6.07) is -0.113. The summed E-state index contributed by atoms with van der Waals surface area (Å²) in [4.78, 5) is 4.41. The van der Waals surface area contributed by atoms with E-state index >= 15 is 0 Å². The van der Waals surface area contributed by atoms with Crippen LogP contribution in [-0.4, -0.2) is 12.1 Å². The average Bonchev–Trinajstić information content (AvgIpc) is 1.61. The van der Waals surface area contributed by atoms with Crippen LogP contribution in [-0.2, 0) is 4.84 Å². The largest absolute Gasteiger partial charge is 0.371 e. The molecule has 4 heteroatoms. The minimum Gasteiger partial charge on any atom is -0.371 e. The lowest BCUT2D eigenvalue weighted by atomic mass is 10.4. The standard InChI is InChI=1S/C4H11N3O/c1-3(2)7-8-4(5)6/h3,7H,1-2H3,(H3,5,6). The molecule has 48 valence electrons. The van der Waals surface area contributed by atoms with E-state index < -0.39 is 0 Å². The molecule has 0 atom stereocenters. The summed E-state index contributed by atoms with van der Waals surface area (Å²) >= 11 is 0. The van der Waals surface area contributed by atoms with Crippen molar-refractivity contribution in [2.45, 2.75) is 19.9 Å². The lowest BCUT2D eigenvalue weighted by Crippen LogP contribution is -2.29. The molecule has 4 N–H and O–H groups in total. The van der Waals surface area contributed by atoms with Crippen molar-refractivity contribution < 1.29 is 4.84 Å². The predicted molar refractivity (Wildman–Crippen MR) is 31.3 cm³/mol. The number of nitrogens with two attached hydrogens (primary N) is 1. The first-order valence-corrected chi connectivity index (χ1v) is 2.39. The summed E-state index contributed by atoms with van der Waals surface area (Å²) in [5, 5.41) is 6.58. The van der Waals surface area contributed by atoms with Crippen molar-refractivity contribution in [2.75, 3.05) is 0 Å². The molecule has 0 aromatic heterocycles. The van der Waals surface area contributed by atoms with Gasteiger partial charge in [0.15, 0.2) is 0 Å². The van der Waals surface area contributed by atoms with Gasteiger partial charge in [0.2, 0.25) is 0 Å². The fraction of sp³-hybridized carbons (Fsp3) is 0.750. The van der Waals surface area contributed by atoms with Crippen LogP contribution >= 0.6 is 0 Å². The second-order valence-corrected chi connectivity index (χ2v) is 1.74. The SMILES string of the molecule is CC(C)NOC(=N)N. The molecule has 8 heavy (non-hydrogen) atoms. The van der Waals surface area contributed by atoms with Gasteiger partial charge < -0.3 is 10.6 Å². The lowest BCUT2D eigenvalue weighted by molar-refractivity contribution is 0.149. The van der Waals surface area contributed by atoms with Gasteiger partial charge >= 0.3 is 0 Å². The molecule has 0 saturated heterocycles. The summed E-state index contributed by atoms with van der Waals surface area (Å²) in [6.07, 6.45) is 0. The third-order valence-corrected chi connectivity index (χ3v) is 0.405. The van der Waals surface area contributed by atoms with Crippen LogP contribution in [0, 0.1) is 5.41 Å². The Hall–Kier alpha value is -0.770. The molecule has 0 aromatic rings. The Morgan fingerprint density at radius 1 is 1.75 bits per heavy atom. The van der Waals surface area contributed by atoms with Gasteiger partial charge in [-0.1, -0.05) is 0 Å². The molecule has 0 saturated carbocycles. The monoisotopic (exact) mass is 117 g/mol. The fourth-order valence-corrected chi connectivity index (χ4v) is 0.181. The zero-order chi connectivity index (χ0) is 6.57. The molecule has 0 bridgehead atoms. The van der Waals surface area contributed by atoms with E-state index in [0.717, 1.165) is 0 Å². The van der Waals surface area contributed by atoms with Gasteiger partial charge in [-0.3, -0.25) is 5.41 Å². The van der Waals surface area contributed by atoms with Crippen LogP contribution in [0.3, 0.4) is 0 Å². The molecule has 0 aliphatic heterocycles. The Labute approximate surface area is 48.5 Å². The Morgan fingerprint density at radius 3 is 2.38 bits per heavy atom. The number of nitrogens with one attached hydrogen (secondary N) is 2. The molecule has 0 aliphatic rings. The van der Waals surface area contributed by atoms with E-state index in [4.69, 9.17) is 11.1 Å². The van der Waals surface area contributed by atoms with Gasteiger partial charge in [0.05, 0.1) is 0 Å². The summed E-state index contributed by atoms with van der Waals surface area (Å²) in [6.45, 7) is 3.78. The minimum atomic E-state index is -0.307. The molecule has 0 spiro atoms. The molecule has 0 amide bonds. The summed E-state index contributed by atoms with van der Waals surface area (Å²) < 4.78 is 0. The van der Waals surface area contributed by atoms with Gasteiger partial charge in [-0.2, -0.15) is 5.48 Å². The second-order valence-electron chi connectivity index (χ2n) is 1.74. The zero-order valence-electron chi connectivity index (χ0n) is 5.06. The molecule has 0 rings (SSSR count). The predicted octanol–water partition coefficient (Wildman–Crippen LogP) is -0.191. The van der Waals surface area contributed by atoms with Crippen LogP contribution in [0.1, 0.15) is 13.8 Å². The van der Waals surface area contributed by atoms with E-state index in [1.165, 1.54) is 0 Å². The Kier molecular flexibility index (Phi) is 2.95. The normalized spacial score (nSPS) is 9.38. The minimum absolute atomic E-state index is 0.193. The van der Waals surface area contributed by atoms with Gasteiger partial charge in [-0.05, 0) is 13.8 Å². The topological polar surface area (TPSA) is 71.1 Å².